The van der Waals surface area contributed by atoms with Crippen LogP contribution in [0.1, 0.15) is 42.8 Å². The van der Waals surface area contributed by atoms with Crippen LogP contribution in [0.5, 0.6) is 0 Å². The third-order valence-electron chi connectivity index (χ3n) is 6.61. The van der Waals surface area contributed by atoms with Crippen molar-refractivity contribution in [3.63, 3.8) is 0 Å². The van der Waals surface area contributed by atoms with Gasteiger partial charge >= 0.3 is 0 Å². The molecule has 0 N–H and O–H groups in total. The molecule has 3 saturated heterocycles. The van der Waals surface area contributed by atoms with Crippen LogP contribution in [0.25, 0.3) is 0 Å². The summed E-state index contributed by atoms with van der Waals surface area (Å²) in [5, 5.41) is 3.20. The first-order chi connectivity index (χ1) is 15.0. The minimum atomic E-state index is -0.0983. The van der Waals surface area contributed by atoms with Crippen molar-refractivity contribution >= 4 is 29.1 Å². The number of amides is 3. The van der Waals surface area contributed by atoms with Crippen LogP contribution in [0.3, 0.4) is 0 Å². The molecule has 0 radical (unpaired) electrons. The van der Waals surface area contributed by atoms with Crippen molar-refractivity contribution in [1.29, 1.82) is 0 Å². The van der Waals surface area contributed by atoms with E-state index in [1.807, 2.05) is 21.6 Å². The molecule has 1 atom stereocenters. The Morgan fingerprint density at radius 3 is 2.48 bits per heavy atom. The summed E-state index contributed by atoms with van der Waals surface area (Å²) in [7, 11) is 0. The molecule has 3 aliphatic heterocycles. The molecule has 1 aromatic heterocycles. The number of rotatable bonds is 7. The molecule has 9 heteroatoms. The highest BCUT2D eigenvalue weighted by molar-refractivity contribution is 7.09. The Balaban J connectivity index is 1.22. The van der Waals surface area contributed by atoms with Gasteiger partial charge in [-0.2, -0.15) is 0 Å². The van der Waals surface area contributed by atoms with E-state index in [-0.39, 0.29) is 23.6 Å². The Morgan fingerprint density at radius 1 is 1.06 bits per heavy atom. The van der Waals surface area contributed by atoms with Gasteiger partial charge in [0.15, 0.2) is 0 Å². The van der Waals surface area contributed by atoms with Crippen molar-refractivity contribution in [2.24, 2.45) is 5.92 Å². The van der Waals surface area contributed by atoms with Crippen LogP contribution in [-0.2, 0) is 20.9 Å². The lowest BCUT2D eigenvalue weighted by Crippen LogP contribution is -2.53. The van der Waals surface area contributed by atoms with Crippen LogP contribution in [0, 0.1) is 12.8 Å². The summed E-state index contributed by atoms with van der Waals surface area (Å²) in [6.07, 6.45) is 3.47. The number of carbonyl (C=O) groups is 3. The van der Waals surface area contributed by atoms with E-state index in [1.165, 1.54) is 0 Å². The first-order valence-corrected chi connectivity index (χ1v) is 12.4. The normalized spacial score (nSPS) is 23.1. The number of thiazole rings is 1. The Morgan fingerprint density at radius 2 is 1.81 bits per heavy atom. The first-order valence-electron chi connectivity index (χ1n) is 11.5. The summed E-state index contributed by atoms with van der Waals surface area (Å²) >= 11 is 1.68. The van der Waals surface area contributed by atoms with Crippen molar-refractivity contribution in [1.82, 2.24) is 24.6 Å². The lowest BCUT2D eigenvalue weighted by Gasteiger charge is -2.39. The van der Waals surface area contributed by atoms with Gasteiger partial charge in [-0.25, -0.2) is 4.98 Å². The van der Waals surface area contributed by atoms with E-state index in [0.717, 1.165) is 62.8 Å². The zero-order valence-electron chi connectivity index (χ0n) is 18.4. The van der Waals surface area contributed by atoms with Crippen molar-refractivity contribution in [2.75, 3.05) is 52.4 Å². The number of hydrogen-bond donors (Lipinski definition) is 0. The molecule has 0 aromatic carbocycles. The van der Waals surface area contributed by atoms with E-state index in [9.17, 15) is 14.4 Å². The number of aromatic nitrogens is 1. The van der Waals surface area contributed by atoms with Crippen molar-refractivity contribution in [3.05, 3.63) is 16.1 Å². The summed E-state index contributed by atoms with van der Waals surface area (Å²) in [6.45, 7) is 8.77. The van der Waals surface area contributed by atoms with Crippen LogP contribution in [0.4, 0.5) is 0 Å². The number of piperidine rings is 1. The van der Waals surface area contributed by atoms with Gasteiger partial charge in [-0.05, 0) is 26.2 Å². The SMILES string of the molecule is Cc1nc(CN2CCN(C(=O)C3CCC(=O)N(CCCN4CCCC4=O)C3)CC2)cs1. The maximum Gasteiger partial charge on any atom is 0.227 e. The molecule has 170 valence electrons. The van der Waals surface area contributed by atoms with Gasteiger partial charge in [-0.1, -0.05) is 0 Å². The van der Waals surface area contributed by atoms with Gasteiger partial charge in [0.1, 0.15) is 0 Å². The van der Waals surface area contributed by atoms with E-state index >= 15 is 0 Å². The highest BCUT2D eigenvalue weighted by atomic mass is 32.1. The van der Waals surface area contributed by atoms with Crippen LogP contribution in [0.2, 0.25) is 0 Å². The standard InChI is InChI=1S/C22H33N5O3S/c1-17-23-19(16-31-17)15-24-10-12-26(13-11-24)22(30)18-5-6-21(29)27(14-18)9-3-8-25-7-2-4-20(25)28/h16,18H,2-15H2,1H3. The molecule has 3 amide bonds. The average molecular weight is 448 g/mol. The van der Waals surface area contributed by atoms with Gasteiger partial charge in [-0.15, -0.1) is 11.3 Å². The minimum Gasteiger partial charge on any atom is -0.343 e. The number of piperazine rings is 1. The number of nitrogens with zero attached hydrogens (tertiary/aromatic N) is 5. The third-order valence-corrected chi connectivity index (χ3v) is 7.44. The number of likely N-dealkylation sites (tertiary alicyclic amines) is 2. The quantitative estimate of drug-likeness (QED) is 0.631. The molecule has 0 spiro atoms. The van der Waals surface area contributed by atoms with Crippen LogP contribution >= 0.6 is 11.3 Å². The topological polar surface area (TPSA) is 77.1 Å². The predicted octanol–water partition coefficient (Wildman–Crippen LogP) is 1.35. The predicted molar refractivity (Wildman–Crippen MR) is 118 cm³/mol. The minimum absolute atomic E-state index is 0.0983. The summed E-state index contributed by atoms with van der Waals surface area (Å²) in [6, 6.07) is 0. The first kappa shape index (κ1) is 22.2. The van der Waals surface area contributed by atoms with Gasteiger partial charge in [-0.3, -0.25) is 19.3 Å². The second-order valence-electron chi connectivity index (χ2n) is 8.87. The summed E-state index contributed by atoms with van der Waals surface area (Å²) in [4.78, 5) is 49.8. The average Bonchev–Trinajstić information content (AvgIpc) is 3.37. The third kappa shape index (κ3) is 5.63. The van der Waals surface area contributed by atoms with Crippen molar-refractivity contribution < 1.29 is 14.4 Å². The van der Waals surface area contributed by atoms with E-state index in [0.29, 0.717) is 38.9 Å². The second-order valence-corrected chi connectivity index (χ2v) is 9.93. The molecule has 3 aliphatic rings. The van der Waals surface area contributed by atoms with Gasteiger partial charge in [0, 0.05) is 77.1 Å². The van der Waals surface area contributed by atoms with E-state index < -0.39 is 0 Å². The highest BCUT2D eigenvalue weighted by Gasteiger charge is 2.34. The molecule has 0 aliphatic carbocycles. The van der Waals surface area contributed by atoms with Crippen molar-refractivity contribution in [3.8, 4) is 0 Å². The molecule has 4 heterocycles. The molecule has 31 heavy (non-hydrogen) atoms. The maximum atomic E-state index is 13.1. The number of aryl methyl sites for hydroxylation is 1. The number of carbonyl (C=O) groups excluding carboxylic acids is 3. The largest absolute Gasteiger partial charge is 0.343 e. The Hall–Kier alpha value is -2.00. The molecule has 4 rings (SSSR count). The monoisotopic (exact) mass is 447 g/mol. The molecule has 0 bridgehead atoms. The zero-order chi connectivity index (χ0) is 21.8. The Bertz CT molecular complexity index is 805. The fraction of sp³-hybridized carbons (Fsp3) is 0.727. The van der Waals surface area contributed by atoms with Crippen LogP contribution in [-0.4, -0.2) is 94.7 Å². The van der Waals surface area contributed by atoms with E-state index in [2.05, 4.69) is 15.3 Å². The van der Waals surface area contributed by atoms with Crippen LogP contribution < -0.4 is 0 Å². The van der Waals surface area contributed by atoms with Gasteiger partial charge in [0.25, 0.3) is 0 Å². The fourth-order valence-corrected chi connectivity index (χ4v) is 5.42. The van der Waals surface area contributed by atoms with Gasteiger partial charge in [0.05, 0.1) is 16.6 Å². The molecule has 0 saturated carbocycles. The summed E-state index contributed by atoms with van der Waals surface area (Å²) in [5.74, 6) is 0.456. The van der Waals surface area contributed by atoms with E-state index in [4.69, 9.17) is 0 Å². The summed E-state index contributed by atoms with van der Waals surface area (Å²) < 4.78 is 0. The molecule has 1 aromatic rings. The van der Waals surface area contributed by atoms with Crippen LogP contribution in [0.15, 0.2) is 5.38 Å². The summed E-state index contributed by atoms with van der Waals surface area (Å²) in [5.41, 5.74) is 1.11. The molecule has 8 nitrogen and oxygen atoms in total. The smallest absolute Gasteiger partial charge is 0.227 e. The van der Waals surface area contributed by atoms with Gasteiger partial charge < -0.3 is 14.7 Å². The number of hydrogen-bond acceptors (Lipinski definition) is 6. The second kappa shape index (κ2) is 10.1. The fourth-order valence-electron chi connectivity index (χ4n) is 4.82. The lowest BCUT2D eigenvalue weighted by atomic mass is 9.95. The lowest BCUT2D eigenvalue weighted by molar-refractivity contribution is -0.144. The molecule has 1 unspecified atom stereocenters. The Labute approximate surface area is 188 Å². The Kier molecular flexibility index (Phi) is 7.22. The zero-order valence-corrected chi connectivity index (χ0v) is 19.2. The van der Waals surface area contributed by atoms with Crippen molar-refractivity contribution in [2.45, 2.75) is 45.6 Å². The highest BCUT2D eigenvalue weighted by Crippen LogP contribution is 2.22. The van der Waals surface area contributed by atoms with Gasteiger partial charge in [0.2, 0.25) is 17.7 Å². The van der Waals surface area contributed by atoms with E-state index in [1.54, 1.807) is 11.3 Å². The molecular formula is C22H33N5O3S. The maximum absolute atomic E-state index is 13.1. The molecule has 3 fully saturated rings. The molecular weight excluding hydrogens is 414 g/mol.